The number of aryl methyl sites for hydroxylation is 1. The molecule has 0 aromatic heterocycles. The van der Waals surface area contributed by atoms with Crippen LogP contribution in [0.1, 0.15) is 62.1 Å². The number of rotatable bonds is 4. The van der Waals surface area contributed by atoms with E-state index in [1.54, 1.807) is 0 Å². The van der Waals surface area contributed by atoms with Gasteiger partial charge in [-0.25, -0.2) is 0 Å². The Labute approximate surface area is 127 Å². The summed E-state index contributed by atoms with van der Waals surface area (Å²) < 4.78 is 0. The van der Waals surface area contributed by atoms with Crippen molar-refractivity contribution < 1.29 is 4.79 Å². The van der Waals surface area contributed by atoms with Gasteiger partial charge in [-0.1, -0.05) is 44.2 Å². The number of carbonyl (C=O) groups is 1. The molecule has 1 heterocycles. The van der Waals surface area contributed by atoms with Crippen molar-refractivity contribution in [2.45, 2.75) is 57.4 Å². The molecular weight excluding hydrogens is 260 g/mol. The molecule has 1 amide bonds. The Morgan fingerprint density at radius 3 is 2.81 bits per heavy atom. The molecule has 0 bridgehead atoms. The molecule has 0 radical (unpaired) electrons. The lowest BCUT2D eigenvalue weighted by Crippen LogP contribution is -2.23. The van der Waals surface area contributed by atoms with Crippen molar-refractivity contribution in [3.63, 3.8) is 0 Å². The zero-order valence-corrected chi connectivity index (χ0v) is 13.0. The maximum absolute atomic E-state index is 11.4. The fourth-order valence-electron chi connectivity index (χ4n) is 3.80. The number of benzene rings is 1. The van der Waals surface area contributed by atoms with Crippen LogP contribution in [0.5, 0.6) is 0 Å². The quantitative estimate of drug-likeness (QED) is 0.884. The summed E-state index contributed by atoms with van der Waals surface area (Å²) in [5.74, 6) is 1.01. The van der Waals surface area contributed by atoms with E-state index in [1.807, 2.05) is 0 Å². The van der Waals surface area contributed by atoms with Crippen LogP contribution in [0.2, 0.25) is 0 Å². The molecule has 0 spiro atoms. The molecule has 21 heavy (non-hydrogen) atoms. The molecule has 3 nitrogen and oxygen atoms in total. The number of nitrogens with one attached hydrogen (secondary N) is 2. The minimum atomic E-state index is 0.141. The van der Waals surface area contributed by atoms with E-state index in [9.17, 15) is 4.79 Å². The van der Waals surface area contributed by atoms with E-state index in [1.165, 1.54) is 49.7 Å². The van der Waals surface area contributed by atoms with Gasteiger partial charge in [0.1, 0.15) is 0 Å². The second kappa shape index (κ2) is 6.61. The van der Waals surface area contributed by atoms with E-state index in [2.05, 4.69) is 35.9 Å². The molecule has 3 heteroatoms. The van der Waals surface area contributed by atoms with E-state index in [0.29, 0.717) is 12.5 Å². The fourth-order valence-corrected chi connectivity index (χ4v) is 3.80. The van der Waals surface area contributed by atoms with Crippen LogP contribution in [0.25, 0.3) is 0 Å². The number of anilines is 1. The summed E-state index contributed by atoms with van der Waals surface area (Å²) in [6.45, 7) is 0. The maximum Gasteiger partial charge on any atom is 0.224 e. The summed E-state index contributed by atoms with van der Waals surface area (Å²) in [6.07, 6.45) is 9.71. The number of hydrogen-bond donors (Lipinski definition) is 2. The molecule has 1 aromatic rings. The minimum absolute atomic E-state index is 0.141. The molecule has 1 aliphatic heterocycles. The van der Waals surface area contributed by atoms with Crippen molar-refractivity contribution in [3.05, 3.63) is 29.3 Å². The Morgan fingerprint density at radius 2 is 2.05 bits per heavy atom. The molecule has 3 rings (SSSR count). The van der Waals surface area contributed by atoms with Crippen molar-refractivity contribution in [2.24, 2.45) is 5.92 Å². The minimum Gasteiger partial charge on any atom is -0.326 e. The van der Waals surface area contributed by atoms with Gasteiger partial charge in [0.2, 0.25) is 5.91 Å². The van der Waals surface area contributed by atoms with Crippen molar-refractivity contribution in [2.75, 3.05) is 12.4 Å². The Kier molecular flexibility index (Phi) is 4.59. The Bertz CT molecular complexity index is 506. The first-order valence-electron chi connectivity index (χ1n) is 8.36. The molecule has 2 N–H and O–H groups in total. The summed E-state index contributed by atoms with van der Waals surface area (Å²) in [7, 11) is 2.06. The third-order valence-corrected chi connectivity index (χ3v) is 5.07. The zero-order valence-electron chi connectivity index (χ0n) is 13.0. The maximum atomic E-state index is 11.4. The lowest BCUT2D eigenvalue weighted by atomic mass is 9.83. The van der Waals surface area contributed by atoms with Gasteiger partial charge >= 0.3 is 0 Å². The molecule has 1 aromatic carbocycles. The lowest BCUT2D eigenvalue weighted by Gasteiger charge is -2.27. The molecule has 0 saturated heterocycles. The third kappa shape index (κ3) is 3.46. The number of amides is 1. The number of hydrogen-bond acceptors (Lipinski definition) is 2. The molecule has 1 atom stereocenters. The van der Waals surface area contributed by atoms with E-state index in [4.69, 9.17) is 0 Å². The monoisotopic (exact) mass is 286 g/mol. The number of carbonyl (C=O) groups excluding carboxylic acids is 1. The normalized spacial score (nSPS) is 20.7. The first-order valence-corrected chi connectivity index (χ1v) is 8.36. The zero-order chi connectivity index (χ0) is 14.7. The van der Waals surface area contributed by atoms with Gasteiger partial charge in [0.25, 0.3) is 0 Å². The fraction of sp³-hybridized carbons (Fsp3) is 0.611. The van der Waals surface area contributed by atoms with Crippen molar-refractivity contribution in [1.29, 1.82) is 0 Å². The topological polar surface area (TPSA) is 41.1 Å². The van der Waals surface area contributed by atoms with Crippen LogP contribution in [0.15, 0.2) is 18.2 Å². The van der Waals surface area contributed by atoms with Gasteiger partial charge < -0.3 is 10.6 Å². The largest absolute Gasteiger partial charge is 0.326 e. The Morgan fingerprint density at radius 1 is 1.24 bits per heavy atom. The summed E-state index contributed by atoms with van der Waals surface area (Å²) in [5.41, 5.74) is 3.66. The molecule has 114 valence electrons. The summed E-state index contributed by atoms with van der Waals surface area (Å²) in [5, 5.41) is 6.46. The predicted octanol–water partition coefficient (Wildman–Crippen LogP) is 3.80. The first-order chi connectivity index (χ1) is 10.3. The highest BCUT2D eigenvalue weighted by atomic mass is 16.1. The molecular formula is C18H26N2O. The van der Waals surface area contributed by atoms with E-state index >= 15 is 0 Å². The van der Waals surface area contributed by atoms with Gasteiger partial charge in [0.15, 0.2) is 0 Å². The summed E-state index contributed by atoms with van der Waals surface area (Å²) in [6, 6.07) is 6.98. The second-order valence-electron chi connectivity index (χ2n) is 6.55. The van der Waals surface area contributed by atoms with Crippen molar-refractivity contribution >= 4 is 11.6 Å². The lowest BCUT2D eigenvalue weighted by molar-refractivity contribution is -0.116. The van der Waals surface area contributed by atoms with Gasteiger partial charge in [-0.15, -0.1) is 0 Å². The first kappa shape index (κ1) is 14.6. The molecule has 1 unspecified atom stereocenters. The molecule has 1 aliphatic carbocycles. The average Bonchev–Trinajstić information content (AvgIpc) is 2.53. The SMILES string of the molecule is CNC(CC1CCCCC1)c1ccc2c(c1)CCC(=O)N2. The molecule has 1 fully saturated rings. The molecule has 1 saturated carbocycles. The second-order valence-corrected chi connectivity index (χ2v) is 6.55. The number of fused-ring (bicyclic) bond motifs is 1. The van der Waals surface area contributed by atoms with Crippen molar-refractivity contribution in [3.8, 4) is 0 Å². The summed E-state index contributed by atoms with van der Waals surface area (Å²) >= 11 is 0. The van der Waals surface area contributed by atoms with E-state index in [0.717, 1.165) is 18.0 Å². The van der Waals surface area contributed by atoms with E-state index in [-0.39, 0.29) is 5.91 Å². The van der Waals surface area contributed by atoms with Crippen molar-refractivity contribution in [1.82, 2.24) is 5.32 Å². The Hall–Kier alpha value is -1.35. The average molecular weight is 286 g/mol. The molecule has 2 aliphatic rings. The van der Waals surface area contributed by atoms with Gasteiger partial charge in [-0.3, -0.25) is 4.79 Å². The standard InChI is InChI=1S/C18H26N2O/c1-19-17(11-13-5-3-2-4-6-13)15-7-9-16-14(12-15)8-10-18(21)20-16/h7,9,12-13,17,19H,2-6,8,10-11H2,1H3,(H,20,21). The predicted molar refractivity (Wildman–Crippen MR) is 86.4 cm³/mol. The smallest absolute Gasteiger partial charge is 0.224 e. The highest BCUT2D eigenvalue weighted by molar-refractivity contribution is 5.93. The van der Waals surface area contributed by atoms with Crippen LogP contribution < -0.4 is 10.6 Å². The highest BCUT2D eigenvalue weighted by Gasteiger charge is 2.21. The third-order valence-electron chi connectivity index (χ3n) is 5.07. The highest BCUT2D eigenvalue weighted by Crippen LogP contribution is 2.33. The van der Waals surface area contributed by atoms with E-state index < -0.39 is 0 Å². The van der Waals surface area contributed by atoms with Gasteiger partial charge in [0, 0.05) is 18.2 Å². The van der Waals surface area contributed by atoms with Gasteiger partial charge in [-0.05, 0) is 43.0 Å². The van der Waals surface area contributed by atoms with Gasteiger partial charge in [-0.2, -0.15) is 0 Å². The Balaban J connectivity index is 1.72. The van der Waals surface area contributed by atoms with Crippen LogP contribution in [0.4, 0.5) is 5.69 Å². The van der Waals surface area contributed by atoms with Crippen LogP contribution in [-0.2, 0) is 11.2 Å². The summed E-state index contributed by atoms with van der Waals surface area (Å²) in [4.78, 5) is 11.4. The van der Waals surface area contributed by atoms with Gasteiger partial charge in [0.05, 0.1) is 0 Å². The van der Waals surface area contributed by atoms with Crippen LogP contribution in [0, 0.1) is 5.92 Å². The van der Waals surface area contributed by atoms with Crippen LogP contribution >= 0.6 is 0 Å². The van der Waals surface area contributed by atoms with Crippen LogP contribution in [-0.4, -0.2) is 13.0 Å². The van der Waals surface area contributed by atoms with Crippen LogP contribution in [0.3, 0.4) is 0 Å².